The molecule has 3 unspecified atom stereocenters. The van der Waals surface area contributed by atoms with Gasteiger partial charge in [-0.15, -0.1) is 0 Å². The predicted molar refractivity (Wildman–Crippen MR) is 97.5 cm³/mol. The van der Waals surface area contributed by atoms with Crippen molar-refractivity contribution in [3.8, 4) is 0 Å². The zero-order valence-electron chi connectivity index (χ0n) is 15.0. The van der Waals surface area contributed by atoms with Crippen LogP contribution in [-0.2, 0) is 4.74 Å². The molecule has 3 atom stereocenters. The first-order valence-electron chi connectivity index (χ1n) is 10.5. The summed E-state index contributed by atoms with van der Waals surface area (Å²) in [6.45, 7) is 0. The minimum atomic E-state index is 0.461. The minimum absolute atomic E-state index is 0.461. The minimum Gasteiger partial charge on any atom is -0.495 e. The number of nitrogens with one attached hydrogen (secondary N) is 1. The Morgan fingerprint density at radius 1 is 0.739 bits per heavy atom. The van der Waals surface area contributed by atoms with Gasteiger partial charge in [-0.1, -0.05) is 57.8 Å². The van der Waals surface area contributed by atoms with Crippen LogP contribution in [0, 0.1) is 0 Å². The quantitative estimate of drug-likeness (QED) is 0.603. The molecule has 1 aliphatic heterocycles. The van der Waals surface area contributed by atoms with Gasteiger partial charge < -0.3 is 10.1 Å². The van der Waals surface area contributed by atoms with Gasteiger partial charge in [-0.05, 0) is 44.6 Å². The van der Waals surface area contributed by atoms with Crippen LogP contribution >= 0.6 is 0 Å². The lowest BCUT2D eigenvalue weighted by molar-refractivity contribution is 0.0703. The summed E-state index contributed by atoms with van der Waals surface area (Å²) >= 11 is 0. The van der Waals surface area contributed by atoms with Crippen LogP contribution in [0.25, 0.3) is 0 Å². The van der Waals surface area contributed by atoms with Crippen LogP contribution in [0.3, 0.4) is 0 Å². The molecule has 0 aromatic carbocycles. The van der Waals surface area contributed by atoms with Gasteiger partial charge in [-0.25, -0.2) is 0 Å². The van der Waals surface area contributed by atoms with E-state index in [0.29, 0.717) is 18.2 Å². The predicted octanol–water partition coefficient (Wildman–Crippen LogP) is 5.86. The Kier molecular flexibility index (Phi) is 7.32. The Morgan fingerprint density at radius 2 is 1.39 bits per heavy atom. The van der Waals surface area contributed by atoms with Crippen molar-refractivity contribution in [2.75, 3.05) is 0 Å². The molecular weight excluding hydrogens is 282 g/mol. The molecule has 1 fully saturated rings. The van der Waals surface area contributed by atoms with Gasteiger partial charge in [0, 0.05) is 18.5 Å². The highest BCUT2D eigenvalue weighted by atomic mass is 16.5. The summed E-state index contributed by atoms with van der Waals surface area (Å²) in [6.07, 6.45) is 24.6. The van der Waals surface area contributed by atoms with E-state index in [1.54, 1.807) is 0 Å². The standard InChI is InChI=1S/C21H37NO/c1-2-6-10-14-20-16-18(12-8-4-1)22-19-13-9-5-3-7-11-15-21(17-19)23-20/h16,18-19,21-22H,1-15,17H2. The molecule has 1 N–H and O–H groups in total. The number of hydrogen-bond acceptors (Lipinski definition) is 2. The summed E-state index contributed by atoms with van der Waals surface area (Å²) in [7, 11) is 0. The molecule has 0 saturated heterocycles. The molecule has 1 heterocycles. The molecule has 23 heavy (non-hydrogen) atoms. The molecule has 0 spiro atoms. The smallest absolute Gasteiger partial charge is 0.0997 e. The molecule has 4 bridgehead atoms. The molecule has 3 rings (SSSR count). The van der Waals surface area contributed by atoms with Crippen LogP contribution in [0.1, 0.15) is 103 Å². The number of rotatable bonds is 0. The van der Waals surface area contributed by atoms with Crippen molar-refractivity contribution in [1.82, 2.24) is 5.32 Å². The SMILES string of the molecule is C1=C2CCCCCCCCC1NC1CCCCCCCC(C1)O2. The molecule has 2 heteroatoms. The Balaban J connectivity index is 1.71. The molecule has 0 aromatic rings. The summed E-state index contributed by atoms with van der Waals surface area (Å²) in [4.78, 5) is 0. The van der Waals surface area contributed by atoms with Crippen LogP contribution in [0.5, 0.6) is 0 Å². The summed E-state index contributed by atoms with van der Waals surface area (Å²) in [6, 6.07) is 1.23. The second-order valence-electron chi connectivity index (χ2n) is 8.08. The van der Waals surface area contributed by atoms with Gasteiger partial charge in [-0.2, -0.15) is 0 Å². The monoisotopic (exact) mass is 319 g/mol. The Hall–Kier alpha value is -0.500. The molecule has 1 saturated carbocycles. The first-order valence-corrected chi connectivity index (χ1v) is 10.5. The number of hydrogen-bond donors (Lipinski definition) is 1. The van der Waals surface area contributed by atoms with Crippen molar-refractivity contribution in [3.63, 3.8) is 0 Å². The fraction of sp³-hybridized carbons (Fsp3) is 0.905. The van der Waals surface area contributed by atoms with Crippen LogP contribution in [-0.4, -0.2) is 18.2 Å². The zero-order chi connectivity index (χ0) is 15.7. The highest BCUT2D eigenvalue weighted by Crippen LogP contribution is 2.27. The maximum atomic E-state index is 6.56. The number of fused-ring (bicyclic) bond motifs is 3. The van der Waals surface area contributed by atoms with Crippen molar-refractivity contribution >= 4 is 0 Å². The van der Waals surface area contributed by atoms with Gasteiger partial charge >= 0.3 is 0 Å². The Labute approximate surface area is 143 Å². The van der Waals surface area contributed by atoms with E-state index in [-0.39, 0.29) is 0 Å². The lowest BCUT2D eigenvalue weighted by Crippen LogP contribution is -2.42. The van der Waals surface area contributed by atoms with E-state index in [9.17, 15) is 0 Å². The van der Waals surface area contributed by atoms with E-state index < -0.39 is 0 Å². The first-order chi connectivity index (χ1) is 11.4. The van der Waals surface area contributed by atoms with Gasteiger partial charge in [0.1, 0.15) is 0 Å². The third-order valence-electron chi connectivity index (χ3n) is 5.97. The maximum Gasteiger partial charge on any atom is 0.0997 e. The maximum absolute atomic E-state index is 6.56. The van der Waals surface area contributed by atoms with Crippen LogP contribution in [0.4, 0.5) is 0 Å². The van der Waals surface area contributed by atoms with E-state index in [1.165, 1.54) is 108 Å². The average Bonchev–Trinajstić information content (AvgIpc) is 2.58. The van der Waals surface area contributed by atoms with Crippen molar-refractivity contribution in [3.05, 3.63) is 11.8 Å². The third-order valence-corrected chi connectivity index (χ3v) is 5.97. The van der Waals surface area contributed by atoms with E-state index >= 15 is 0 Å². The summed E-state index contributed by atoms with van der Waals surface area (Å²) < 4.78 is 6.56. The van der Waals surface area contributed by atoms with Gasteiger partial charge in [0.2, 0.25) is 0 Å². The van der Waals surface area contributed by atoms with Crippen molar-refractivity contribution in [1.29, 1.82) is 0 Å². The second-order valence-corrected chi connectivity index (χ2v) is 8.08. The average molecular weight is 320 g/mol. The largest absolute Gasteiger partial charge is 0.495 e. The van der Waals surface area contributed by atoms with Gasteiger partial charge in [0.15, 0.2) is 0 Å². The third kappa shape index (κ3) is 6.14. The lowest BCUT2D eigenvalue weighted by atomic mass is 9.93. The van der Waals surface area contributed by atoms with E-state index in [2.05, 4.69) is 11.4 Å². The molecule has 132 valence electrons. The highest BCUT2D eigenvalue weighted by Gasteiger charge is 2.24. The second kappa shape index (κ2) is 9.71. The Morgan fingerprint density at radius 3 is 2.22 bits per heavy atom. The van der Waals surface area contributed by atoms with Gasteiger partial charge in [0.05, 0.1) is 11.9 Å². The van der Waals surface area contributed by atoms with E-state index in [4.69, 9.17) is 4.74 Å². The highest BCUT2D eigenvalue weighted by molar-refractivity contribution is 5.04. The first kappa shape index (κ1) is 17.3. The lowest BCUT2D eigenvalue weighted by Gasteiger charge is -2.33. The van der Waals surface area contributed by atoms with Gasteiger partial charge in [0.25, 0.3) is 0 Å². The molecule has 2 nitrogen and oxygen atoms in total. The summed E-state index contributed by atoms with van der Waals surface area (Å²) in [5.74, 6) is 1.31. The molecule has 3 aliphatic rings. The fourth-order valence-corrected chi connectivity index (χ4v) is 4.61. The van der Waals surface area contributed by atoms with Gasteiger partial charge in [-0.3, -0.25) is 0 Å². The molecule has 0 aromatic heterocycles. The topological polar surface area (TPSA) is 21.3 Å². The van der Waals surface area contributed by atoms with Crippen LogP contribution < -0.4 is 5.32 Å². The van der Waals surface area contributed by atoms with Crippen molar-refractivity contribution in [2.45, 2.75) is 121 Å². The normalized spacial score (nSPS) is 34.8. The van der Waals surface area contributed by atoms with Crippen molar-refractivity contribution < 1.29 is 4.74 Å². The van der Waals surface area contributed by atoms with Crippen LogP contribution in [0.2, 0.25) is 0 Å². The fourth-order valence-electron chi connectivity index (χ4n) is 4.61. The van der Waals surface area contributed by atoms with E-state index in [1.807, 2.05) is 0 Å². The molecular formula is C21H37NO. The summed E-state index contributed by atoms with van der Waals surface area (Å²) in [5, 5.41) is 4.01. The number of allylic oxidation sites excluding steroid dienone is 1. The van der Waals surface area contributed by atoms with Crippen LogP contribution in [0.15, 0.2) is 11.8 Å². The zero-order valence-corrected chi connectivity index (χ0v) is 15.0. The molecule has 0 radical (unpaired) electrons. The Bertz CT molecular complexity index is 365. The summed E-state index contributed by atoms with van der Waals surface area (Å²) in [5.41, 5.74) is 0. The molecule has 0 amide bonds. The van der Waals surface area contributed by atoms with Crippen molar-refractivity contribution in [2.24, 2.45) is 0 Å². The number of ether oxygens (including phenoxy) is 1. The molecule has 2 aliphatic carbocycles. The van der Waals surface area contributed by atoms with E-state index in [0.717, 1.165) is 0 Å².